The first-order chi connectivity index (χ1) is 6.83. The minimum atomic E-state index is 1.04. The molecule has 0 aromatic carbocycles. The van der Waals surface area contributed by atoms with Crippen molar-refractivity contribution in [2.24, 2.45) is 5.92 Å². The number of rotatable bonds is 2. The van der Waals surface area contributed by atoms with Gasteiger partial charge in [-0.2, -0.15) is 0 Å². The van der Waals surface area contributed by atoms with E-state index in [1.54, 1.807) is 0 Å². The molecule has 1 nitrogen and oxygen atoms in total. The Hall–Kier alpha value is -0.0400. The fourth-order valence-electron chi connectivity index (χ4n) is 2.58. The minimum absolute atomic E-state index is 1.04. The SMILES string of the molecule is CCCC1CCCCN(C)CCCC1. The molecule has 0 aromatic rings. The molecule has 1 fully saturated rings. The number of hydrogen-bond donors (Lipinski definition) is 0. The molecule has 0 unspecified atom stereocenters. The van der Waals surface area contributed by atoms with Crippen LogP contribution in [0.15, 0.2) is 0 Å². The van der Waals surface area contributed by atoms with Gasteiger partial charge in [-0.15, -0.1) is 0 Å². The lowest BCUT2D eigenvalue weighted by atomic mass is 9.91. The second kappa shape index (κ2) is 7.28. The monoisotopic (exact) mass is 197 g/mol. The van der Waals surface area contributed by atoms with E-state index in [9.17, 15) is 0 Å². The van der Waals surface area contributed by atoms with Gasteiger partial charge in [0, 0.05) is 0 Å². The maximum atomic E-state index is 2.50. The molecule has 1 saturated heterocycles. The molecule has 1 heterocycles. The Morgan fingerprint density at radius 1 is 1.00 bits per heavy atom. The van der Waals surface area contributed by atoms with Crippen LogP contribution in [0.3, 0.4) is 0 Å². The molecule has 84 valence electrons. The molecular formula is C13H27N. The zero-order chi connectivity index (χ0) is 10.2. The molecule has 1 heteroatoms. The van der Waals surface area contributed by atoms with E-state index in [-0.39, 0.29) is 0 Å². The predicted molar refractivity (Wildman–Crippen MR) is 63.6 cm³/mol. The first kappa shape index (κ1) is 12.0. The summed E-state index contributed by atoms with van der Waals surface area (Å²) in [5, 5.41) is 0. The van der Waals surface area contributed by atoms with Crippen LogP contribution in [0.1, 0.15) is 58.3 Å². The van der Waals surface area contributed by atoms with Crippen molar-refractivity contribution in [3.63, 3.8) is 0 Å². The second-order valence-electron chi connectivity index (χ2n) is 4.95. The van der Waals surface area contributed by atoms with Gasteiger partial charge in [-0.3, -0.25) is 0 Å². The van der Waals surface area contributed by atoms with Gasteiger partial charge in [0.05, 0.1) is 0 Å². The molecular weight excluding hydrogens is 170 g/mol. The average Bonchev–Trinajstić information content (AvgIpc) is 2.19. The number of hydrogen-bond acceptors (Lipinski definition) is 1. The van der Waals surface area contributed by atoms with E-state index in [2.05, 4.69) is 18.9 Å². The first-order valence-electron chi connectivity index (χ1n) is 6.51. The molecule has 1 aliphatic heterocycles. The minimum Gasteiger partial charge on any atom is -0.306 e. The summed E-state index contributed by atoms with van der Waals surface area (Å²) in [5.41, 5.74) is 0. The van der Waals surface area contributed by atoms with Crippen LogP contribution >= 0.6 is 0 Å². The van der Waals surface area contributed by atoms with Crippen LogP contribution in [0.2, 0.25) is 0 Å². The highest BCUT2D eigenvalue weighted by Crippen LogP contribution is 2.22. The van der Waals surface area contributed by atoms with Crippen molar-refractivity contribution in [2.75, 3.05) is 20.1 Å². The lowest BCUT2D eigenvalue weighted by Crippen LogP contribution is -2.22. The summed E-state index contributed by atoms with van der Waals surface area (Å²) in [4.78, 5) is 2.50. The summed E-state index contributed by atoms with van der Waals surface area (Å²) in [6, 6.07) is 0. The van der Waals surface area contributed by atoms with Crippen LogP contribution in [-0.2, 0) is 0 Å². The quantitative estimate of drug-likeness (QED) is 0.652. The van der Waals surface area contributed by atoms with Crippen molar-refractivity contribution >= 4 is 0 Å². The smallest absolute Gasteiger partial charge is 0.00218 e. The van der Waals surface area contributed by atoms with Gasteiger partial charge in [-0.1, -0.05) is 45.4 Å². The van der Waals surface area contributed by atoms with Crippen LogP contribution in [0.5, 0.6) is 0 Å². The molecule has 0 spiro atoms. The standard InChI is InChI=1S/C13H27N/c1-3-8-13-9-4-6-11-14(2)12-7-5-10-13/h13H,3-12H2,1-2H3. The van der Waals surface area contributed by atoms with Gasteiger partial charge in [-0.05, 0) is 38.9 Å². The van der Waals surface area contributed by atoms with Crippen LogP contribution in [0, 0.1) is 5.92 Å². The third-order valence-electron chi connectivity index (χ3n) is 3.50. The van der Waals surface area contributed by atoms with Crippen LogP contribution in [-0.4, -0.2) is 25.0 Å². The Kier molecular flexibility index (Phi) is 6.25. The topological polar surface area (TPSA) is 3.24 Å². The maximum absolute atomic E-state index is 2.50. The first-order valence-corrected chi connectivity index (χ1v) is 6.51. The molecule has 0 amide bonds. The van der Waals surface area contributed by atoms with Gasteiger partial charge in [0.1, 0.15) is 0 Å². The van der Waals surface area contributed by atoms with Crippen LogP contribution < -0.4 is 0 Å². The summed E-state index contributed by atoms with van der Waals surface area (Å²) in [5.74, 6) is 1.04. The van der Waals surface area contributed by atoms with Gasteiger partial charge in [-0.25, -0.2) is 0 Å². The molecule has 1 aliphatic rings. The fourth-order valence-corrected chi connectivity index (χ4v) is 2.58. The number of nitrogens with zero attached hydrogens (tertiary/aromatic N) is 1. The van der Waals surface area contributed by atoms with Crippen molar-refractivity contribution in [2.45, 2.75) is 58.3 Å². The van der Waals surface area contributed by atoms with Crippen molar-refractivity contribution in [1.82, 2.24) is 4.90 Å². The van der Waals surface area contributed by atoms with Crippen molar-refractivity contribution in [1.29, 1.82) is 0 Å². The van der Waals surface area contributed by atoms with Crippen LogP contribution in [0.4, 0.5) is 0 Å². The summed E-state index contributed by atoms with van der Waals surface area (Å²) < 4.78 is 0. The molecule has 0 N–H and O–H groups in total. The molecule has 0 saturated carbocycles. The Bertz CT molecular complexity index is 121. The Labute approximate surface area is 89.9 Å². The van der Waals surface area contributed by atoms with E-state index in [4.69, 9.17) is 0 Å². The van der Waals surface area contributed by atoms with Gasteiger partial charge < -0.3 is 4.90 Å². The summed E-state index contributed by atoms with van der Waals surface area (Å²) >= 11 is 0. The van der Waals surface area contributed by atoms with E-state index < -0.39 is 0 Å². The highest BCUT2D eigenvalue weighted by molar-refractivity contribution is 4.64. The lowest BCUT2D eigenvalue weighted by molar-refractivity contribution is 0.282. The van der Waals surface area contributed by atoms with Crippen LogP contribution in [0.25, 0.3) is 0 Å². The third kappa shape index (κ3) is 4.99. The van der Waals surface area contributed by atoms with E-state index in [0.29, 0.717) is 0 Å². The summed E-state index contributed by atoms with van der Waals surface area (Å²) in [6.07, 6.45) is 11.6. The van der Waals surface area contributed by atoms with Gasteiger partial charge in [0.25, 0.3) is 0 Å². The molecule has 0 aromatic heterocycles. The highest BCUT2D eigenvalue weighted by Gasteiger charge is 2.09. The summed E-state index contributed by atoms with van der Waals surface area (Å²) in [7, 11) is 2.27. The zero-order valence-electron chi connectivity index (χ0n) is 10.1. The van der Waals surface area contributed by atoms with Gasteiger partial charge >= 0.3 is 0 Å². The van der Waals surface area contributed by atoms with Gasteiger partial charge in [0.2, 0.25) is 0 Å². The fraction of sp³-hybridized carbons (Fsp3) is 1.00. The second-order valence-corrected chi connectivity index (χ2v) is 4.95. The van der Waals surface area contributed by atoms with E-state index >= 15 is 0 Å². The largest absolute Gasteiger partial charge is 0.306 e. The van der Waals surface area contributed by atoms with Crippen molar-refractivity contribution < 1.29 is 0 Å². The lowest BCUT2D eigenvalue weighted by Gasteiger charge is -2.22. The predicted octanol–water partition coefficient (Wildman–Crippen LogP) is 3.69. The molecule has 1 rings (SSSR count). The molecule has 14 heavy (non-hydrogen) atoms. The summed E-state index contributed by atoms with van der Waals surface area (Å²) in [6.45, 7) is 4.96. The molecule has 0 bridgehead atoms. The van der Waals surface area contributed by atoms with Gasteiger partial charge in [0.15, 0.2) is 0 Å². The maximum Gasteiger partial charge on any atom is -0.00218 e. The molecule has 0 radical (unpaired) electrons. The Morgan fingerprint density at radius 2 is 1.57 bits per heavy atom. The van der Waals surface area contributed by atoms with Crippen molar-refractivity contribution in [3.05, 3.63) is 0 Å². The molecule has 0 aliphatic carbocycles. The molecule has 0 atom stereocenters. The van der Waals surface area contributed by atoms with E-state index in [0.717, 1.165) is 5.92 Å². The average molecular weight is 197 g/mol. The third-order valence-corrected chi connectivity index (χ3v) is 3.50. The van der Waals surface area contributed by atoms with E-state index in [1.807, 2.05) is 0 Å². The Balaban J connectivity index is 2.24. The van der Waals surface area contributed by atoms with E-state index in [1.165, 1.54) is 64.5 Å². The Morgan fingerprint density at radius 3 is 2.07 bits per heavy atom. The zero-order valence-corrected chi connectivity index (χ0v) is 10.1. The normalized spacial score (nSPS) is 23.6. The highest BCUT2D eigenvalue weighted by atomic mass is 15.1. The van der Waals surface area contributed by atoms with Crippen molar-refractivity contribution in [3.8, 4) is 0 Å².